The number of hydrogen-bond donors (Lipinski definition) is 1. The quantitative estimate of drug-likeness (QED) is 0.846. The molecule has 1 aliphatic rings. The molecular formula is C13H11BrCl2N2O2. The molecule has 106 valence electrons. The number of benzene rings is 1. The first-order valence-corrected chi connectivity index (χ1v) is 7.48. The number of anilines is 1. The van der Waals surface area contributed by atoms with E-state index in [4.69, 9.17) is 27.9 Å². The van der Waals surface area contributed by atoms with Gasteiger partial charge in [0.15, 0.2) is 0 Å². The van der Waals surface area contributed by atoms with Crippen LogP contribution in [0.2, 0.25) is 10.0 Å². The summed E-state index contributed by atoms with van der Waals surface area (Å²) in [7, 11) is 0. The predicted octanol–water partition coefficient (Wildman–Crippen LogP) is 4.01. The minimum absolute atomic E-state index is 0.317. The molecule has 0 unspecified atom stereocenters. The van der Waals surface area contributed by atoms with Crippen LogP contribution in [-0.4, -0.2) is 19.1 Å². The van der Waals surface area contributed by atoms with Crippen LogP contribution in [-0.2, 0) is 9.53 Å². The smallest absolute Gasteiger partial charge is 0.245 e. The molecule has 0 atom stereocenters. The fraction of sp³-hybridized carbons (Fsp3) is 0.385. The number of rotatable bonds is 2. The van der Waals surface area contributed by atoms with E-state index in [1.807, 2.05) is 0 Å². The summed E-state index contributed by atoms with van der Waals surface area (Å²) < 4.78 is 5.92. The van der Waals surface area contributed by atoms with Gasteiger partial charge in [-0.25, -0.2) is 0 Å². The molecule has 1 saturated heterocycles. The molecule has 0 radical (unpaired) electrons. The van der Waals surface area contributed by atoms with Crippen LogP contribution < -0.4 is 5.32 Å². The molecule has 0 aliphatic carbocycles. The number of carbonyl (C=O) groups is 1. The van der Waals surface area contributed by atoms with Gasteiger partial charge in [0.1, 0.15) is 5.41 Å². The Hall–Kier alpha value is -0.800. The highest BCUT2D eigenvalue weighted by molar-refractivity contribution is 9.10. The van der Waals surface area contributed by atoms with Crippen molar-refractivity contribution < 1.29 is 9.53 Å². The maximum Gasteiger partial charge on any atom is 0.245 e. The first kappa shape index (κ1) is 15.6. The number of amides is 1. The van der Waals surface area contributed by atoms with E-state index in [2.05, 4.69) is 27.3 Å². The van der Waals surface area contributed by atoms with Crippen LogP contribution >= 0.6 is 39.1 Å². The second-order valence-corrected chi connectivity index (χ2v) is 6.23. The Morgan fingerprint density at radius 2 is 1.90 bits per heavy atom. The first-order valence-electron chi connectivity index (χ1n) is 5.93. The Kier molecular flexibility index (Phi) is 4.92. The zero-order valence-corrected chi connectivity index (χ0v) is 13.5. The van der Waals surface area contributed by atoms with Gasteiger partial charge in [0, 0.05) is 17.7 Å². The van der Waals surface area contributed by atoms with Crippen molar-refractivity contribution in [3.05, 3.63) is 26.7 Å². The third kappa shape index (κ3) is 3.09. The van der Waals surface area contributed by atoms with Crippen molar-refractivity contribution in [2.24, 2.45) is 5.41 Å². The van der Waals surface area contributed by atoms with Crippen LogP contribution in [0.5, 0.6) is 0 Å². The van der Waals surface area contributed by atoms with E-state index in [9.17, 15) is 10.1 Å². The highest BCUT2D eigenvalue weighted by Crippen LogP contribution is 2.37. The third-order valence-electron chi connectivity index (χ3n) is 3.24. The molecular weight excluding hydrogens is 367 g/mol. The van der Waals surface area contributed by atoms with Gasteiger partial charge in [-0.15, -0.1) is 0 Å². The van der Waals surface area contributed by atoms with Crippen molar-refractivity contribution in [1.29, 1.82) is 5.26 Å². The van der Waals surface area contributed by atoms with Gasteiger partial charge >= 0.3 is 0 Å². The average molecular weight is 378 g/mol. The van der Waals surface area contributed by atoms with Crippen LogP contribution in [0.3, 0.4) is 0 Å². The fourth-order valence-electron chi connectivity index (χ4n) is 2.00. The van der Waals surface area contributed by atoms with Gasteiger partial charge in [-0.1, -0.05) is 39.1 Å². The number of nitrogens with one attached hydrogen (secondary N) is 1. The minimum atomic E-state index is -1.09. The summed E-state index contributed by atoms with van der Waals surface area (Å²) in [5.74, 6) is -0.394. The minimum Gasteiger partial charge on any atom is -0.381 e. The van der Waals surface area contributed by atoms with Gasteiger partial charge in [-0.2, -0.15) is 5.26 Å². The van der Waals surface area contributed by atoms with Crippen molar-refractivity contribution in [3.63, 3.8) is 0 Å². The van der Waals surface area contributed by atoms with Crippen LogP contribution in [0.15, 0.2) is 16.6 Å². The zero-order chi connectivity index (χ0) is 14.8. The van der Waals surface area contributed by atoms with Crippen molar-refractivity contribution in [1.82, 2.24) is 0 Å². The second-order valence-electron chi connectivity index (χ2n) is 4.50. The van der Waals surface area contributed by atoms with Crippen LogP contribution in [0, 0.1) is 16.7 Å². The Morgan fingerprint density at radius 1 is 1.35 bits per heavy atom. The molecule has 4 nitrogen and oxygen atoms in total. The number of ether oxygens (including phenoxy) is 1. The van der Waals surface area contributed by atoms with E-state index in [1.165, 1.54) is 0 Å². The SMILES string of the molecule is N#CC1(C(=O)Nc2c(Cl)cc(Br)cc2Cl)CCOCC1. The molecule has 1 aromatic carbocycles. The Balaban J connectivity index is 2.26. The molecule has 1 N–H and O–H groups in total. The van der Waals surface area contributed by atoms with Gasteiger partial charge in [0.05, 0.1) is 21.8 Å². The van der Waals surface area contributed by atoms with Crippen molar-refractivity contribution in [3.8, 4) is 6.07 Å². The Bertz CT molecular complexity index is 557. The first-order chi connectivity index (χ1) is 9.48. The molecule has 20 heavy (non-hydrogen) atoms. The van der Waals surface area contributed by atoms with Gasteiger partial charge in [-0.05, 0) is 25.0 Å². The maximum absolute atomic E-state index is 12.4. The van der Waals surface area contributed by atoms with Crippen molar-refractivity contribution in [2.75, 3.05) is 18.5 Å². The van der Waals surface area contributed by atoms with E-state index in [1.54, 1.807) is 12.1 Å². The molecule has 1 aromatic rings. The molecule has 0 aromatic heterocycles. The number of carbonyl (C=O) groups excluding carboxylic acids is 1. The van der Waals surface area contributed by atoms with E-state index in [-0.39, 0.29) is 0 Å². The summed E-state index contributed by atoms with van der Waals surface area (Å²) in [4.78, 5) is 12.4. The second kappa shape index (κ2) is 6.31. The van der Waals surface area contributed by atoms with E-state index in [0.29, 0.717) is 46.3 Å². The summed E-state index contributed by atoms with van der Waals surface area (Å²) in [6.07, 6.45) is 0.724. The molecule has 1 fully saturated rings. The fourth-order valence-corrected chi connectivity index (χ4v) is 3.31. The standard InChI is InChI=1S/C13H11BrCl2N2O2/c14-8-5-9(15)11(10(16)6-8)18-12(19)13(7-17)1-3-20-4-2-13/h5-6H,1-4H2,(H,18,19). The molecule has 7 heteroatoms. The summed E-state index contributed by atoms with van der Waals surface area (Å²) in [5, 5.41) is 12.6. The lowest BCUT2D eigenvalue weighted by Crippen LogP contribution is -2.40. The third-order valence-corrected chi connectivity index (χ3v) is 4.29. The number of nitriles is 1. The summed E-state index contributed by atoms with van der Waals surface area (Å²) in [6.45, 7) is 0.783. The van der Waals surface area contributed by atoms with Gasteiger partial charge in [0.2, 0.25) is 5.91 Å². The highest BCUT2D eigenvalue weighted by Gasteiger charge is 2.40. The monoisotopic (exact) mass is 376 g/mol. The van der Waals surface area contributed by atoms with E-state index >= 15 is 0 Å². The lowest BCUT2D eigenvalue weighted by Gasteiger charge is -2.29. The number of halogens is 3. The topological polar surface area (TPSA) is 62.1 Å². The molecule has 2 rings (SSSR count). The molecule has 0 saturated carbocycles. The summed E-state index contributed by atoms with van der Waals surface area (Å²) >= 11 is 15.4. The van der Waals surface area contributed by atoms with Crippen molar-refractivity contribution >= 4 is 50.7 Å². The molecule has 1 aliphatic heterocycles. The predicted molar refractivity (Wildman–Crippen MR) is 80.9 cm³/mol. The zero-order valence-electron chi connectivity index (χ0n) is 10.4. The van der Waals surface area contributed by atoms with Crippen LogP contribution in [0.25, 0.3) is 0 Å². The number of hydrogen-bond acceptors (Lipinski definition) is 3. The lowest BCUT2D eigenvalue weighted by atomic mass is 9.81. The van der Waals surface area contributed by atoms with Gasteiger partial charge in [-0.3, -0.25) is 4.79 Å². The molecule has 1 amide bonds. The maximum atomic E-state index is 12.4. The molecule has 0 bridgehead atoms. The average Bonchev–Trinajstić information content (AvgIpc) is 2.43. The van der Waals surface area contributed by atoms with E-state index < -0.39 is 11.3 Å². The van der Waals surface area contributed by atoms with E-state index in [0.717, 1.165) is 0 Å². The van der Waals surface area contributed by atoms with Gasteiger partial charge < -0.3 is 10.1 Å². The highest BCUT2D eigenvalue weighted by atomic mass is 79.9. The normalized spacial score (nSPS) is 17.3. The van der Waals surface area contributed by atoms with Crippen molar-refractivity contribution in [2.45, 2.75) is 12.8 Å². The Morgan fingerprint density at radius 3 is 2.40 bits per heavy atom. The summed E-state index contributed by atoms with van der Waals surface area (Å²) in [6, 6.07) is 5.36. The largest absolute Gasteiger partial charge is 0.381 e. The lowest BCUT2D eigenvalue weighted by molar-refractivity contribution is -0.126. The molecule has 0 spiro atoms. The summed E-state index contributed by atoms with van der Waals surface area (Å²) in [5.41, 5.74) is -0.763. The van der Waals surface area contributed by atoms with Crippen LogP contribution in [0.1, 0.15) is 12.8 Å². The Labute approximate surface area is 135 Å². The van der Waals surface area contributed by atoms with Gasteiger partial charge in [0.25, 0.3) is 0 Å². The van der Waals surface area contributed by atoms with Crippen LogP contribution in [0.4, 0.5) is 5.69 Å². The molecule has 1 heterocycles. The number of nitrogens with zero attached hydrogens (tertiary/aromatic N) is 1.